The number of aryl methyl sites for hydroxylation is 1. The van der Waals surface area contributed by atoms with Gasteiger partial charge in [0.2, 0.25) is 0 Å². The van der Waals surface area contributed by atoms with Crippen LogP contribution in [0.1, 0.15) is 51.2 Å². The van der Waals surface area contributed by atoms with Crippen molar-refractivity contribution in [2.45, 2.75) is 77.0 Å². The van der Waals surface area contributed by atoms with Crippen molar-refractivity contribution >= 4 is 0 Å². The summed E-state index contributed by atoms with van der Waals surface area (Å²) >= 11 is 0. The Kier molecular flexibility index (Phi) is 4.08. The number of hydrogen-bond acceptors (Lipinski definition) is 4. The minimum absolute atomic E-state index is 0.249. The predicted molar refractivity (Wildman–Crippen MR) is 79.5 cm³/mol. The minimum Gasteiger partial charge on any atom is -0.326 e. The first-order chi connectivity index (χ1) is 9.63. The van der Waals surface area contributed by atoms with E-state index in [1.807, 2.05) is 4.68 Å². The minimum atomic E-state index is 0.249. The van der Waals surface area contributed by atoms with Crippen LogP contribution in [-0.4, -0.2) is 44.3 Å². The number of fused-ring (bicyclic) bond motifs is 1. The van der Waals surface area contributed by atoms with E-state index in [9.17, 15) is 0 Å². The standard InChI is InChI=1S/C15H27N5/c1-11(2)19-8-4-3-5-13(19)9-14-17-15-7-6-12(16)10-20(15)18-14/h11-13H,3-10,16H2,1-2H3. The highest BCUT2D eigenvalue weighted by Crippen LogP contribution is 2.22. The summed E-state index contributed by atoms with van der Waals surface area (Å²) in [5.41, 5.74) is 6.01. The summed E-state index contributed by atoms with van der Waals surface area (Å²) in [5.74, 6) is 2.15. The van der Waals surface area contributed by atoms with Gasteiger partial charge in [-0.3, -0.25) is 4.90 Å². The third-order valence-corrected chi connectivity index (χ3v) is 4.69. The number of nitrogens with zero attached hydrogens (tertiary/aromatic N) is 4. The van der Waals surface area contributed by atoms with Crippen LogP contribution < -0.4 is 5.73 Å². The van der Waals surface area contributed by atoms with Gasteiger partial charge in [0.1, 0.15) is 5.82 Å². The van der Waals surface area contributed by atoms with E-state index in [1.54, 1.807) is 0 Å². The van der Waals surface area contributed by atoms with Crippen LogP contribution in [0, 0.1) is 0 Å². The largest absolute Gasteiger partial charge is 0.326 e. The van der Waals surface area contributed by atoms with Crippen LogP contribution >= 0.6 is 0 Å². The van der Waals surface area contributed by atoms with Crippen LogP contribution in [0.2, 0.25) is 0 Å². The Hall–Kier alpha value is -0.940. The van der Waals surface area contributed by atoms with Gasteiger partial charge in [0.15, 0.2) is 5.82 Å². The SMILES string of the molecule is CC(C)N1CCCCC1Cc1nc2n(n1)CC(N)CC2. The molecule has 0 aliphatic carbocycles. The zero-order valence-electron chi connectivity index (χ0n) is 12.8. The lowest BCUT2D eigenvalue weighted by Crippen LogP contribution is -2.45. The molecule has 5 heteroatoms. The van der Waals surface area contributed by atoms with Gasteiger partial charge in [-0.25, -0.2) is 9.67 Å². The Bertz CT molecular complexity index is 453. The summed E-state index contributed by atoms with van der Waals surface area (Å²) in [7, 11) is 0. The Balaban J connectivity index is 1.70. The van der Waals surface area contributed by atoms with Crippen molar-refractivity contribution in [3.05, 3.63) is 11.6 Å². The van der Waals surface area contributed by atoms with Crippen molar-refractivity contribution in [2.24, 2.45) is 5.73 Å². The molecule has 5 nitrogen and oxygen atoms in total. The van der Waals surface area contributed by atoms with Crippen molar-refractivity contribution < 1.29 is 0 Å². The first-order valence-electron chi connectivity index (χ1n) is 8.07. The molecule has 0 aromatic carbocycles. The molecule has 2 atom stereocenters. The molecule has 1 saturated heterocycles. The van der Waals surface area contributed by atoms with Crippen molar-refractivity contribution in [3.8, 4) is 0 Å². The number of rotatable bonds is 3. The van der Waals surface area contributed by atoms with Crippen molar-refractivity contribution in [2.75, 3.05) is 6.54 Å². The van der Waals surface area contributed by atoms with E-state index < -0.39 is 0 Å². The van der Waals surface area contributed by atoms with Gasteiger partial charge < -0.3 is 5.73 Å². The van der Waals surface area contributed by atoms with E-state index in [0.717, 1.165) is 37.5 Å². The van der Waals surface area contributed by atoms with E-state index >= 15 is 0 Å². The summed E-state index contributed by atoms with van der Waals surface area (Å²) in [5, 5.41) is 4.69. The third kappa shape index (κ3) is 2.88. The second kappa shape index (κ2) is 5.82. The molecule has 1 fully saturated rings. The van der Waals surface area contributed by atoms with Gasteiger partial charge in [-0.1, -0.05) is 6.42 Å². The molecule has 2 aliphatic rings. The van der Waals surface area contributed by atoms with Crippen molar-refractivity contribution in [1.29, 1.82) is 0 Å². The van der Waals surface area contributed by atoms with Gasteiger partial charge in [-0.2, -0.15) is 5.10 Å². The molecule has 2 aliphatic heterocycles. The number of nitrogens with two attached hydrogens (primary N) is 1. The number of hydrogen-bond donors (Lipinski definition) is 1. The van der Waals surface area contributed by atoms with E-state index in [-0.39, 0.29) is 6.04 Å². The van der Waals surface area contributed by atoms with Gasteiger partial charge in [-0.15, -0.1) is 0 Å². The van der Waals surface area contributed by atoms with Crippen LogP contribution in [-0.2, 0) is 19.4 Å². The first-order valence-corrected chi connectivity index (χ1v) is 8.07. The van der Waals surface area contributed by atoms with Gasteiger partial charge in [0.25, 0.3) is 0 Å². The lowest BCUT2D eigenvalue weighted by Gasteiger charge is -2.38. The Labute approximate surface area is 121 Å². The topological polar surface area (TPSA) is 60.0 Å². The smallest absolute Gasteiger partial charge is 0.152 e. The molecular formula is C15H27N5. The monoisotopic (exact) mass is 277 g/mol. The molecule has 0 radical (unpaired) electrons. The maximum atomic E-state index is 6.01. The zero-order chi connectivity index (χ0) is 14.1. The predicted octanol–water partition coefficient (Wildman–Crippen LogP) is 1.36. The molecule has 1 aromatic heterocycles. The van der Waals surface area contributed by atoms with E-state index in [1.165, 1.54) is 25.8 Å². The molecule has 20 heavy (non-hydrogen) atoms. The number of piperidine rings is 1. The Morgan fingerprint density at radius 3 is 2.95 bits per heavy atom. The van der Waals surface area contributed by atoms with E-state index in [0.29, 0.717) is 12.1 Å². The highest BCUT2D eigenvalue weighted by Gasteiger charge is 2.27. The van der Waals surface area contributed by atoms with Gasteiger partial charge >= 0.3 is 0 Å². The summed E-state index contributed by atoms with van der Waals surface area (Å²) in [4.78, 5) is 7.36. The van der Waals surface area contributed by atoms with Crippen LogP contribution in [0.3, 0.4) is 0 Å². The average molecular weight is 277 g/mol. The molecule has 3 rings (SSSR count). The van der Waals surface area contributed by atoms with Crippen LogP contribution in [0.5, 0.6) is 0 Å². The van der Waals surface area contributed by atoms with Crippen LogP contribution in [0.25, 0.3) is 0 Å². The summed E-state index contributed by atoms with van der Waals surface area (Å²) in [6, 6.07) is 1.48. The quantitative estimate of drug-likeness (QED) is 0.906. The lowest BCUT2D eigenvalue weighted by molar-refractivity contribution is 0.110. The van der Waals surface area contributed by atoms with Gasteiger partial charge in [-0.05, 0) is 39.7 Å². The fraction of sp³-hybridized carbons (Fsp3) is 0.867. The highest BCUT2D eigenvalue weighted by molar-refractivity contribution is 5.00. The first kappa shape index (κ1) is 14.0. The molecule has 3 heterocycles. The molecule has 0 amide bonds. The second-order valence-corrected chi connectivity index (χ2v) is 6.61. The average Bonchev–Trinajstić information content (AvgIpc) is 2.80. The van der Waals surface area contributed by atoms with E-state index in [2.05, 4.69) is 23.8 Å². The fourth-order valence-electron chi connectivity index (χ4n) is 3.60. The fourth-order valence-corrected chi connectivity index (χ4v) is 3.60. The molecule has 2 unspecified atom stereocenters. The molecular weight excluding hydrogens is 250 g/mol. The van der Waals surface area contributed by atoms with Crippen LogP contribution in [0.4, 0.5) is 0 Å². The zero-order valence-corrected chi connectivity index (χ0v) is 12.8. The molecule has 2 N–H and O–H groups in total. The van der Waals surface area contributed by atoms with Gasteiger partial charge in [0, 0.05) is 31.0 Å². The molecule has 1 aromatic rings. The normalized spacial score (nSPS) is 27.8. The summed E-state index contributed by atoms with van der Waals surface area (Å²) in [6.45, 7) is 6.65. The van der Waals surface area contributed by atoms with Crippen molar-refractivity contribution in [1.82, 2.24) is 19.7 Å². The molecule has 0 spiro atoms. The van der Waals surface area contributed by atoms with Crippen LogP contribution in [0.15, 0.2) is 0 Å². The second-order valence-electron chi connectivity index (χ2n) is 6.61. The Morgan fingerprint density at radius 1 is 1.30 bits per heavy atom. The highest BCUT2D eigenvalue weighted by atomic mass is 15.4. The maximum Gasteiger partial charge on any atom is 0.152 e. The Morgan fingerprint density at radius 2 is 2.15 bits per heavy atom. The molecule has 0 bridgehead atoms. The molecule has 112 valence electrons. The van der Waals surface area contributed by atoms with Gasteiger partial charge in [0.05, 0.1) is 6.54 Å². The third-order valence-electron chi connectivity index (χ3n) is 4.69. The lowest BCUT2D eigenvalue weighted by atomic mass is 9.97. The number of likely N-dealkylation sites (tertiary alicyclic amines) is 1. The number of aromatic nitrogens is 3. The van der Waals surface area contributed by atoms with E-state index in [4.69, 9.17) is 10.7 Å². The summed E-state index contributed by atoms with van der Waals surface area (Å²) < 4.78 is 2.03. The van der Waals surface area contributed by atoms with Crippen molar-refractivity contribution in [3.63, 3.8) is 0 Å². The summed E-state index contributed by atoms with van der Waals surface area (Å²) in [6.07, 6.45) is 6.96. The maximum absolute atomic E-state index is 6.01. The molecule has 0 saturated carbocycles.